The summed E-state index contributed by atoms with van der Waals surface area (Å²) in [5.41, 5.74) is 2.99. The van der Waals surface area contributed by atoms with E-state index in [1.54, 1.807) is 12.3 Å². The molecule has 1 unspecified atom stereocenters. The Morgan fingerprint density at radius 3 is 2.75 bits per heavy atom. The zero-order valence-electron chi connectivity index (χ0n) is 9.57. The van der Waals surface area contributed by atoms with Crippen LogP contribution in [0.5, 0.6) is 5.75 Å². The van der Waals surface area contributed by atoms with Gasteiger partial charge >= 0.3 is 0 Å². The summed E-state index contributed by atoms with van der Waals surface area (Å²) in [6.45, 7) is 4.24. The number of aromatic hydroxyl groups is 1. The van der Waals surface area contributed by atoms with Gasteiger partial charge in [0.25, 0.3) is 0 Å². The average Bonchev–Trinajstić information content (AvgIpc) is 2.81. The lowest BCUT2D eigenvalue weighted by atomic mass is 9.95. The average molecular weight is 216 g/mol. The van der Waals surface area contributed by atoms with Crippen LogP contribution in [-0.2, 0) is 0 Å². The normalized spacial score (nSPS) is 12.6. The Labute approximate surface area is 95.1 Å². The first-order valence-corrected chi connectivity index (χ1v) is 5.54. The number of hydrogen-bond acceptors (Lipinski definition) is 2. The van der Waals surface area contributed by atoms with Crippen molar-refractivity contribution >= 4 is 0 Å². The summed E-state index contributed by atoms with van der Waals surface area (Å²) in [6.07, 6.45) is 4.59. The maximum absolute atomic E-state index is 9.96. The van der Waals surface area contributed by atoms with Gasteiger partial charge in [-0.2, -0.15) is 5.10 Å². The highest BCUT2D eigenvalue weighted by Gasteiger charge is 2.09. The van der Waals surface area contributed by atoms with Crippen LogP contribution in [0.2, 0.25) is 0 Å². The van der Waals surface area contributed by atoms with Gasteiger partial charge < -0.3 is 5.11 Å². The molecular weight excluding hydrogens is 200 g/mol. The van der Waals surface area contributed by atoms with Crippen LogP contribution >= 0.6 is 0 Å². The molecular formula is C13H16N2O. The minimum Gasteiger partial charge on any atom is -0.508 e. The van der Waals surface area contributed by atoms with Crippen LogP contribution in [0.1, 0.15) is 31.7 Å². The first-order valence-electron chi connectivity index (χ1n) is 5.54. The zero-order valence-corrected chi connectivity index (χ0v) is 9.57. The smallest absolute Gasteiger partial charge is 0.119 e. The third-order valence-corrected chi connectivity index (χ3v) is 3.01. The Morgan fingerprint density at radius 1 is 1.38 bits per heavy atom. The van der Waals surface area contributed by atoms with E-state index in [9.17, 15) is 5.11 Å². The van der Waals surface area contributed by atoms with E-state index in [4.69, 9.17) is 0 Å². The lowest BCUT2D eigenvalue weighted by Gasteiger charge is -2.11. The van der Waals surface area contributed by atoms with Crippen molar-refractivity contribution in [2.24, 2.45) is 0 Å². The lowest BCUT2D eigenvalue weighted by Crippen LogP contribution is -1.92. The van der Waals surface area contributed by atoms with Gasteiger partial charge in [-0.3, -0.25) is 5.10 Å². The second-order valence-electron chi connectivity index (χ2n) is 4.07. The van der Waals surface area contributed by atoms with Gasteiger partial charge in [-0.15, -0.1) is 0 Å². The summed E-state index contributed by atoms with van der Waals surface area (Å²) in [7, 11) is 0. The number of hydrogen-bond donors (Lipinski definition) is 2. The van der Waals surface area contributed by atoms with Crippen LogP contribution in [0, 0.1) is 0 Å². The van der Waals surface area contributed by atoms with Crippen LogP contribution < -0.4 is 0 Å². The van der Waals surface area contributed by atoms with E-state index < -0.39 is 0 Å². The van der Waals surface area contributed by atoms with Crippen molar-refractivity contribution in [1.29, 1.82) is 0 Å². The molecule has 2 N–H and O–H groups in total. The van der Waals surface area contributed by atoms with Crippen LogP contribution in [0.3, 0.4) is 0 Å². The third-order valence-electron chi connectivity index (χ3n) is 3.01. The van der Waals surface area contributed by atoms with Gasteiger partial charge in [0.2, 0.25) is 0 Å². The fraction of sp³-hybridized carbons (Fsp3) is 0.308. The Hall–Kier alpha value is -1.77. The molecule has 0 aliphatic heterocycles. The first-order chi connectivity index (χ1) is 7.72. The second-order valence-corrected chi connectivity index (χ2v) is 4.07. The fourth-order valence-corrected chi connectivity index (χ4v) is 1.77. The van der Waals surface area contributed by atoms with Crippen LogP contribution in [-0.4, -0.2) is 15.3 Å². The van der Waals surface area contributed by atoms with Gasteiger partial charge in [0.15, 0.2) is 0 Å². The quantitative estimate of drug-likeness (QED) is 0.827. The minimum absolute atomic E-state index is 0.369. The molecule has 0 spiro atoms. The van der Waals surface area contributed by atoms with Crippen molar-refractivity contribution in [3.05, 3.63) is 36.2 Å². The maximum Gasteiger partial charge on any atom is 0.119 e. The first kappa shape index (κ1) is 10.7. The molecule has 1 heterocycles. The number of rotatable bonds is 3. The van der Waals surface area contributed by atoms with E-state index in [1.165, 1.54) is 0 Å². The molecule has 0 aliphatic rings. The van der Waals surface area contributed by atoms with Crippen LogP contribution in [0.25, 0.3) is 11.1 Å². The summed E-state index contributed by atoms with van der Waals surface area (Å²) in [5, 5.41) is 16.6. The number of aromatic nitrogens is 2. The van der Waals surface area contributed by atoms with Crippen molar-refractivity contribution in [2.75, 3.05) is 0 Å². The second kappa shape index (κ2) is 4.39. The topological polar surface area (TPSA) is 48.9 Å². The van der Waals surface area contributed by atoms with Crippen LogP contribution in [0.15, 0.2) is 30.6 Å². The molecule has 84 valence electrons. The molecule has 0 amide bonds. The van der Waals surface area contributed by atoms with E-state index in [2.05, 4.69) is 24.0 Å². The molecule has 0 saturated carbocycles. The highest BCUT2D eigenvalue weighted by atomic mass is 16.3. The summed E-state index contributed by atoms with van der Waals surface area (Å²) in [5.74, 6) is 0.756. The molecule has 0 saturated heterocycles. The summed E-state index contributed by atoms with van der Waals surface area (Å²) < 4.78 is 0. The largest absolute Gasteiger partial charge is 0.508 e. The molecule has 0 bridgehead atoms. The molecule has 3 heteroatoms. The highest BCUT2D eigenvalue weighted by molar-refractivity contribution is 5.64. The van der Waals surface area contributed by atoms with Crippen LogP contribution in [0.4, 0.5) is 0 Å². The van der Waals surface area contributed by atoms with Crippen molar-refractivity contribution in [3.63, 3.8) is 0 Å². The molecule has 1 aromatic heterocycles. The van der Waals surface area contributed by atoms with Gasteiger partial charge in [-0.1, -0.05) is 26.0 Å². The molecule has 0 radical (unpaired) electrons. The molecule has 2 aromatic rings. The van der Waals surface area contributed by atoms with Gasteiger partial charge in [0.05, 0.1) is 6.20 Å². The van der Waals surface area contributed by atoms with Crippen molar-refractivity contribution in [2.45, 2.75) is 26.2 Å². The number of benzene rings is 1. The number of nitrogens with one attached hydrogen (secondary N) is 1. The number of H-pyrrole nitrogens is 1. The van der Waals surface area contributed by atoms with Crippen molar-refractivity contribution in [3.8, 4) is 16.9 Å². The highest BCUT2D eigenvalue weighted by Crippen LogP contribution is 2.31. The van der Waals surface area contributed by atoms with Gasteiger partial charge in [-0.25, -0.2) is 0 Å². The number of phenols is 1. The van der Waals surface area contributed by atoms with Gasteiger partial charge in [0.1, 0.15) is 5.75 Å². The van der Waals surface area contributed by atoms with Gasteiger partial charge in [0, 0.05) is 11.8 Å². The van der Waals surface area contributed by atoms with E-state index in [1.807, 2.05) is 18.3 Å². The molecule has 0 fully saturated rings. The maximum atomic E-state index is 9.96. The Kier molecular flexibility index (Phi) is 2.95. The predicted octanol–water partition coefficient (Wildman–Crippen LogP) is 3.30. The Bertz CT molecular complexity index is 463. The SMILES string of the molecule is CCC(C)c1ccc(-c2cn[nH]c2)cc1O. The number of nitrogens with zero attached hydrogens (tertiary/aromatic N) is 1. The van der Waals surface area contributed by atoms with E-state index in [-0.39, 0.29) is 0 Å². The zero-order chi connectivity index (χ0) is 11.5. The summed E-state index contributed by atoms with van der Waals surface area (Å²) in [6, 6.07) is 5.81. The Morgan fingerprint density at radius 2 is 2.19 bits per heavy atom. The van der Waals surface area contributed by atoms with E-state index in [0.29, 0.717) is 11.7 Å². The monoisotopic (exact) mass is 216 g/mol. The molecule has 1 atom stereocenters. The van der Waals surface area contributed by atoms with Gasteiger partial charge in [-0.05, 0) is 29.5 Å². The number of phenolic OH excluding ortho intramolecular Hbond substituents is 1. The standard InChI is InChI=1S/C13H16N2O/c1-3-9(2)12-5-4-10(6-13(12)16)11-7-14-15-8-11/h4-9,16H,3H2,1-2H3,(H,14,15). The summed E-state index contributed by atoms with van der Waals surface area (Å²) >= 11 is 0. The molecule has 2 rings (SSSR count). The molecule has 16 heavy (non-hydrogen) atoms. The molecule has 1 aromatic carbocycles. The Balaban J connectivity index is 2.37. The number of aromatic amines is 1. The summed E-state index contributed by atoms with van der Waals surface area (Å²) in [4.78, 5) is 0. The molecule has 3 nitrogen and oxygen atoms in total. The van der Waals surface area contributed by atoms with E-state index >= 15 is 0 Å². The molecule has 0 aliphatic carbocycles. The van der Waals surface area contributed by atoms with Crippen molar-refractivity contribution in [1.82, 2.24) is 10.2 Å². The van der Waals surface area contributed by atoms with Crippen molar-refractivity contribution < 1.29 is 5.11 Å². The predicted molar refractivity (Wildman–Crippen MR) is 64.4 cm³/mol. The fourth-order valence-electron chi connectivity index (χ4n) is 1.77. The minimum atomic E-state index is 0.369. The third kappa shape index (κ3) is 1.94. The lowest BCUT2D eigenvalue weighted by molar-refractivity contribution is 0.462. The van der Waals surface area contributed by atoms with E-state index in [0.717, 1.165) is 23.1 Å².